The first-order valence-corrected chi connectivity index (χ1v) is 8.57. The first-order chi connectivity index (χ1) is 10.2. The number of nitrogens with one attached hydrogen (secondary N) is 1. The number of methoxy groups -OCH3 is 1. The van der Waals surface area contributed by atoms with Crippen molar-refractivity contribution < 1.29 is 4.74 Å². The maximum absolute atomic E-state index is 5.56. The molecule has 1 atom stereocenters. The van der Waals surface area contributed by atoms with E-state index < -0.39 is 0 Å². The minimum Gasteiger partial charge on any atom is -0.496 e. The average Bonchev–Trinajstić information content (AvgIpc) is 3.11. The molecular formula is C18H21NOS. The van der Waals surface area contributed by atoms with Crippen LogP contribution in [-0.4, -0.2) is 13.7 Å². The van der Waals surface area contributed by atoms with Gasteiger partial charge in [0.05, 0.1) is 7.11 Å². The Balaban J connectivity index is 1.80. The molecule has 1 aliphatic heterocycles. The van der Waals surface area contributed by atoms with Gasteiger partial charge >= 0.3 is 0 Å². The smallest absolute Gasteiger partial charge is 0.122 e. The number of aryl methyl sites for hydroxylation is 1. The number of fused-ring (bicyclic) bond motifs is 1. The molecule has 1 fully saturated rings. The van der Waals surface area contributed by atoms with Crippen LogP contribution in [0.5, 0.6) is 5.75 Å². The van der Waals surface area contributed by atoms with Crippen molar-refractivity contribution in [1.82, 2.24) is 5.32 Å². The Morgan fingerprint density at radius 1 is 1.33 bits per heavy atom. The molecule has 1 unspecified atom stereocenters. The van der Waals surface area contributed by atoms with Crippen LogP contribution in [0.4, 0.5) is 0 Å². The summed E-state index contributed by atoms with van der Waals surface area (Å²) < 4.78 is 5.56. The van der Waals surface area contributed by atoms with Gasteiger partial charge in [0.15, 0.2) is 0 Å². The summed E-state index contributed by atoms with van der Waals surface area (Å²) >= 11 is 1.90. The fourth-order valence-corrected chi connectivity index (χ4v) is 4.81. The summed E-state index contributed by atoms with van der Waals surface area (Å²) in [5, 5.41) is 5.99. The first-order valence-electron chi connectivity index (χ1n) is 7.69. The minimum absolute atomic E-state index is 0.323. The summed E-state index contributed by atoms with van der Waals surface area (Å²) in [5.41, 5.74) is 4.52. The zero-order valence-electron chi connectivity index (χ0n) is 12.6. The number of ether oxygens (including phenoxy) is 1. The fourth-order valence-electron chi connectivity index (χ4n) is 3.80. The highest BCUT2D eigenvalue weighted by molar-refractivity contribution is 7.10. The Bertz CT molecular complexity index is 658. The van der Waals surface area contributed by atoms with Crippen LogP contribution >= 0.6 is 11.3 Å². The lowest BCUT2D eigenvalue weighted by Gasteiger charge is -2.34. The summed E-state index contributed by atoms with van der Waals surface area (Å²) in [6.07, 6.45) is 3.71. The van der Waals surface area contributed by atoms with E-state index in [1.807, 2.05) is 11.3 Å². The third-order valence-electron chi connectivity index (χ3n) is 5.06. The predicted molar refractivity (Wildman–Crippen MR) is 87.4 cm³/mol. The minimum atomic E-state index is 0.323. The number of rotatable bonds is 3. The number of hydrogen-bond donors (Lipinski definition) is 1. The molecule has 2 aromatic rings. The summed E-state index contributed by atoms with van der Waals surface area (Å²) in [5.74, 6) is 1.02. The molecule has 1 saturated carbocycles. The monoisotopic (exact) mass is 299 g/mol. The largest absolute Gasteiger partial charge is 0.496 e. The molecule has 1 aromatic heterocycles. The molecule has 1 aliphatic carbocycles. The van der Waals surface area contributed by atoms with E-state index in [1.54, 1.807) is 7.11 Å². The molecule has 4 rings (SSSR count). The van der Waals surface area contributed by atoms with Crippen molar-refractivity contribution in [2.24, 2.45) is 0 Å². The molecule has 2 nitrogen and oxygen atoms in total. The maximum Gasteiger partial charge on any atom is 0.122 e. The predicted octanol–water partition coefficient (Wildman–Crippen LogP) is 3.98. The van der Waals surface area contributed by atoms with Gasteiger partial charge in [0.25, 0.3) is 0 Å². The van der Waals surface area contributed by atoms with Gasteiger partial charge in [0.2, 0.25) is 0 Å². The fraction of sp³-hybridized carbons (Fsp3) is 0.444. The lowest BCUT2D eigenvalue weighted by Crippen LogP contribution is -2.37. The lowest BCUT2D eigenvalue weighted by molar-refractivity contribution is 0.395. The Labute approximate surface area is 130 Å². The normalized spacial score (nSPS) is 22.7. The Morgan fingerprint density at radius 2 is 2.19 bits per heavy atom. The molecule has 0 bridgehead atoms. The molecule has 3 heteroatoms. The van der Waals surface area contributed by atoms with Crippen molar-refractivity contribution in [1.29, 1.82) is 0 Å². The van der Waals surface area contributed by atoms with Gasteiger partial charge in [-0.3, -0.25) is 0 Å². The third-order valence-corrected chi connectivity index (χ3v) is 6.15. The molecule has 0 spiro atoms. The quantitative estimate of drug-likeness (QED) is 0.925. The van der Waals surface area contributed by atoms with Crippen molar-refractivity contribution in [2.45, 2.75) is 37.6 Å². The molecule has 1 N–H and O–H groups in total. The Morgan fingerprint density at radius 3 is 2.86 bits per heavy atom. The van der Waals surface area contributed by atoms with Gasteiger partial charge in [-0.15, -0.1) is 11.3 Å². The first kappa shape index (κ1) is 13.4. The lowest BCUT2D eigenvalue weighted by atomic mass is 9.82. The number of hydrogen-bond acceptors (Lipinski definition) is 3. The second kappa shape index (κ2) is 4.85. The van der Waals surface area contributed by atoms with E-state index >= 15 is 0 Å². The standard InChI is InChI=1S/C18H21NOS/c1-12-10-13-5-8-19-17(14(13)11-15(12)20-2)18(6-7-18)16-4-3-9-21-16/h3-4,9-11,17,19H,5-8H2,1-2H3. The highest BCUT2D eigenvalue weighted by Crippen LogP contribution is 2.59. The molecule has 110 valence electrons. The van der Waals surface area contributed by atoms with E-state index in [9.17, 15) is 0 Å². The maximum atomic E-state index is 5.56. The van der Waals surface area contributed by atoms with Crippen LogP contribution < -0.4 is 10.1 Å². The van der Waals surface area contributed by atoms with Crippen LogP contribution in [0.2, 0.25) is 0 Å². The van der Waals surface area contributed by atoms with E-state index in [0.29, 0.717) is 11.5 Å². The zero-order chi connectivity index (χ0) is 14.4. The van der Waals surface area contributed by atoms with E-state index in [-0.39, 0.29) is 0 Å². The van der Waals surface area contributed by atoms with Gasteiger partial charge in [0, 0.05) is 16.3 Å². The molecule has 1 aromatic carbocycles. The van der Waals surface area contributed by atoms with Crippen LogP contribution in [0.15, 0.2) is 29.6 Å². The molecular weight excluding hydrogens is 278 g/mol. The van der Waals surface area contributed by atoms with Crippen LogP contribution in [-0.2, 0) is 11.8 Å². The second-order valence-corrected chi connectivity index (χ2v) is 7.24. The van der Waals surface area contributed by atoms with Gasteiger partial charge in [-0.2, -0.15) is 0 Å². The van der Waals surface area contributed by atoms with Gasteiger partial charge in [-0.05, 0) is 66.9 Å². The highest BCUT2D eigenvalue weighted by Gasteiger charge is 2.53. The average molecular weight is 299 g/mol. The molecule has 0 amide bonds. The van der Waals surface area contributed by atoms with Gasteiger partial charge in [0.1, 0.15) is 5.75 Å². The van der Waals surface area contributed by atoms with Gasteiger partial charge in [-0.25, -0.2) is 0 Å². The van der Waals surface area contributed by atoms with Crippen LogP contribution in [0.25, 0.3) is 0 Å². The third kappa shape index (κ3) is 2.02. The summed E-state index contributed by atoms with van der Waals surface area (Å²) in [7, 11) is 1.77. The number of benzene rings is 1. The second-order valence-electron chi connectivity index (χ2n) is 6.29. The SMILES string of the molecule is COc1cc2c(cc1C)CCNC2C1(c2cccs2)CC1. The summed E-state index contributed by atoms with van der Waals surface area (Å²) in [6, 6.07) is 9.52. The number of thiophene rings is 1. The molecule has 0 radical (unpaired) electrons. The topological polar surface area (TPSA) is 21.3 Å². The van der Waals surface area contributed by atoms with E-state index in [0.717, 1.165) is 18.7 Å². The Kier molecular flexibility index (Phi) is 3.09. The summed E-state index contributed by atoms with van der Waals surface area (Å²) in [4.78, 5) is 1.53. The molecule has 0 saturated heterocycles. The van der Waals surface area contributed by atoms with Crippen molar-refractivity contribution >= 4 is 11.3 Å². The molecule has 2 aliphatic rings. The molecule has 2 heterocycles. The highest BCUT2D eigenvalue weighted by atomic mass is 32.1. The summed E-state index contributed by atoms with van der Waals surface area (Å²) in [6.45, 7) is 3.22. The van der Waals surface area contributed by atoms with Crippen LogP contribution in [0.3, 0.4) is 0 Å². The van der Waals surface area contributed by atoms with E-state index in [4.69, 9.17) is 4.74 Å². The van der Waals surface area contributed by atoms with Crippen LogP contribution in [0.1, 0.15) is 40.5 Å². The van der Waals surface area contributed by atoms with Crippen LogP contribution in [0, 0.1) is 6.92 Å². The molecule has 21 heavy (non-hydrogen) atoms. The van der Waals surface area contributed by atoms with Crippen molar-refractivity contribution in [3.05, 3.63) is 51.2 Å². The van der Waals surface area contributed by atoms with Crippen molar-refractivity contribution in [2.75, 3.05) is 13.7 Å². The van der Waals surface area contributed by atoms with E-state index in [2.05, 4.69) is 41.9 Å². The van der Waals surface area contributed by atoms with E-state index in [1.165, 1.54) is 34.4 Å². The van der Waals surface area contributed by atoms with Crippen molar-refractivity contribution in [3.63, 3.8) is 0 Å². The van der Waals surface area contributed by atoms with Gasteiger partial charge in [-0.1, -0.05) is 12.1 Å². The Hall–Kier alpha value is -1.32. The zero-order valence-corrected chi connectivity index (χ0v) is 13.4. The van der Waals surface area contributed by atoms with Gasteiger partial charge < -0.3 is 10.1 Å². The van der Waals surface area contributed by atoms with Crippen molar-refractivity contribution in [3.8, 4) is 5.75 Å².